The molecule has 1 aliphatic rings. The van der Waals surface area contributed by atoms with E-state index in [9.17, 15) is 18.0 Å². The first-order chi connectivity index (χ1) is 11.4. The zero-order valence-electron chi connectivity index (χ0n) is 12.8. The third kappa shape index (κ3) is 3.85. The predicted molar refractivity (Wildman–Crippen MR) is 86.6 cm³/mol. The molecule has 0 saturated heterocycles. The second-order valence-electron chi connectivity index (χ2n) is 5.86. The zero-order valence-corrected chi connectivity index (χ0v) is 12.8. The molecule has 0 radical (unpaired) electrons. The third-order valence-electron chi connectivity index (χ3n) is 4.01. The molecule has 24 heavy (non-hydrogen) atoms. The van der Waals surface area contributed by atoms with Crippen LogP contribution in [-0.2, 0) is 11.0 Å². The average Bonchev–Trinajstić information content (AvgIpc) is 2.54. The van der Waals surface area contributed by atoms with Crippen molar-refractivity contribution in [3.63, 3.8) is 0 Å². The number of allylic oxidation sites excluding steroid dienone is 2. The molecule has 2 nitrogen and oxygen atoms in total. The summed E-state index contributed by atoms with van der Waals surface area (Å²) in [6.07, 6.45) is -1.90. The molecule has 0 unspecified atom stereocenters. The largest absolute Gasteiger partial charge is 0.416 e. The number of ketones is 1. The molecule has 1 N–H and O–H groups in total. The molecule has 1 atom stereocenters. The highest BCUT2D eigenvalue weighted by molar-refractivity contribution is 5.92. The number of hydrogen-bond donors (Lipinski definition) is 1. The van der Waals surface area contributed by atoms with Gasteiger partial charge in [0.1, 0.15) is 0 Å². The summed E-state index contributed by atoms with van der Waals surface area (Å²) in [5.74, 6) is 0.0153. The number of hydrogen-bond acceptors (Lipinski definition) is 2. The van der Waals surface area contributed by atoms with Crippen LogP contribution >= 0.6 is 0 Å². The van der Waals surface area contributed by atoms with Crippen LogP contribution in [0.5, 0.6) is 0 Å². The normalized spacial score (nSPS) is 18.2. The van der Waals surface area contributed by atoms with Crippen molar-refractivity contribution in [2.24, 2.45) is 0 Å². The van der Waals surface area contributed by atoms with Crippen molar-refractivity contribution < 1.29 is 18.0 Å². The molecular weight excluding hydrogens is 315 g/mol. The molecule has 0 spiro atoms. The van der Waals surface area contributed by atoms with Crippen molar-refractivity contribution in [3.8, 4) is 0 Å². The highest BCUT2D eigenvalue weighted by Gasteiger charge is 2.30. The summed E-state index contributed by atoms with van der Waals surface area (Å²) in [6, 6.07) is 14.7. The van der Waals surface area contributed by atoms with E-state index in [0.29, 0.717) is 24.2 Å². The van der Waals surface area contributed by atoms with Crippen LogP contribution in [0.2, 0.25) is 0 Å². The smallest absolute Gasteiger partial charge is 0.359 e. The maximum absolute atomic E-state index is 12.8. The van der Waals surface area contributed by atoms with E-state index in [4.69, 9.17) is 0 Å². The van der Waals surface area contributed by atoms with Crippen LogP contribution in [0, 0.1) is 0 Å². The van der Waals surface area contributed by atoms with Gasteiger partial charge in [-0.25, -0.2) is 0 Å². The Bertz CT molecular complexity index is 766. The van der Waals surface area contributed by atoms with Crippen molar-refractivity contribution in [2.45, 2.75) is 24.9 Å². The van der Waals surface area contributed by atoms with Gasteiger partial charge in [-0.05, 0) is 36.1 Å². The van der Waals surface area contributed by atoms with Crippen molar-refractivity contribution >= 4 is 11.5 Å². The maximum Gasteiger partial charge on any atom is 0.416 e. The molecule has 0 bridgehead atoms. The monoisotopic (exact) mass is 331 g/mol. The van der Waals surface area contributed by atoms with Gasteiger partial charge in [0.2, 0.25) is 0 Å². The molecule has 0 saturated carbocycles. The van der Waals surface area contributed by atoms with Gasteiger partial charge in [0.15, 0.2) is 5.78 Å². The number of halogens is 3. The van der Waals surface area contributed by atoms with Crippen LogP contribution in [0.1, 0.15) is 29.9 Å². The highest BCUT2D eigenvalue weighted by atomic mass is 19.4. The third-order valence-corrected chi connectivity index (χ3v) is 4.01. The summed E-state index contributed by atoms with van der Waals surface area (Å²) in [7, 11) is 0. The Morgan fingerprint density at radius 1 is 0.958 bits per heavy atom. The molecule has 0 heterocycles. The van der Waals surface area contributed by atoms with Crippen molar-refractivity contribution in [3.05, 3.63) is 77.5 Å². The Balaban J connectivity index is 1.79. The lowest BCUT2D eigenvalue weighted by Gasteiger charge is -2.23. The maximum atomic E-state index is 12.8. The number of carbonyl (C=O) groups is 1. The van der Waals surface area contributed by atoms with E-state index in [0.717, 1.165) is 17.7 Å². The lowest BCUT2D eigenvalue weighted by atomic mass is 9.85. The van der Waals surface area contributed by atoms with Crippen LogP contribution in [0.25, 0.3) is 0 Å². The van der Waals surface area contributed by atoms with Gasteiger partial charge in [-0.3, -0.25) is 4.79 Å². The van der Waals surface area contributed by atoms with Crippen molar-refractivity contribution in [1.29, 1.82) is 0 Å². The quantitative estimate of drug-likeness (QED) is 0.843. The number of nitrogens with one attached hydrogen (secondary N) is 1. The van der Waals surface area contributed by atoms with Gasteiger partial charge in [-0.1, -0.05) is 36.4 Å². The second-order valence-corrected chi connectivity index (χ2v) is 5.86. The molecule has 2 aromatic carbocycles. The molecule has 124 valence electrons. The van der Waals surface area contributed by atoms with Crippen LogP contribution < -0.4 is 5.32 Å². The topological polar surface area (TPSA) is 29.1 Å². The average molecular weight is 331 g/mol. The molecule has 0 fully saturated rings. The fourth-order valence-electron chi connectivity index (χ4n) is 2.90. The van der Waals surface area contributed by atoms with Crippen LogP contribution in [0.15, 0.2) is 66.4 Å². The predicted octanol–water partition coefficient (Wildman–Crippen LogP) is 5.15. The number of carbonyl (C=O) groups excluding carboxylic acids is 1. The Labute approximate surface area is 138 Å². The summed E-state index contributed by atoms with van der Waals surface area (Å²) in [6.45, 7) is 0. The lowest BCUT2D eigenvalue weighted by Crippen LogP contribution is -2.17. The van der Waals surface area contributed by atoms with Gasteiger partial charge in [-0.15, -0.1) is 0 Å². The van der Waals surface area contributed by atoms with Crippen molar-refractivity contribution in [2.75, 3.05) is 5.32 Å². The first-order valence-corrected chi connectivity index (χ1v) is 7.64. The standard InChI is InChI=1S/C19H16F3NO/c20-19(21,22)15-7-4-8-16(11-15)23-17-9-14(10-18(24)12-17)13-5-2-1-3-6-13/h1-8,11-12,14,23H,9-10H2/t14-/m1/s1. The Kier molecular flexibility index (Phi) is 4.42. The van der Waals surface area contributed by atoms with E-state index in [1.807, 2.05) is 30.3 Å². The van der Waals surface area contributed by atoms with Crippen molar-refractivity contribution in [1.82, 2.24) is 0 Å². The summed E-state index contributed by atoms with van der Waals surface area (Å²) in [5, 5.41) is 2.96. The molecular formula is C19H16F3NO. The van der Waals surface area contributed by atoms with Gasteiger partial charge >= 0.3 is 6.18 Å². The SMILES string of the molecule is O=C1C=C(Nc2cccc(C(F)(F)F)c2)C[C@@H](c2ccccc2)C1. The van der Waals surface area contributed by atoms with Crippen LogP contribution in [0.4, 0.5) is 18.9 Å². The summed E-state index contributed by atoms with van der Waals surface area (Å²) in [5.41, 5.74) is 1.31. The minimum absolute atomic E-state index is 0.0235. The summed E-state index contributed by atoms with van der Waals surface area (Å²) >= 11 is 0. The Morgan fingerprint density at radius 3 is 2.42 bits per heavy atom. The van der Waals surface area contributed by atoms with Gasteiger partial charge in [0.05, 0.1) is 5.56 Å². The zero-order chi connectivity index (χ0) is 17.2. The fourth-order valence-corrected chi connectivity index (χ4v) is 2.90. The molecule has 0 aromatic heterocycles. The fraction of sp³-hybridized carbons (Fsp3) is 0.211. The lowest BCUT2D eigenvalue weighted by molar-refractivity contribution is -0.137. The summed E-state index contributed by atoms with van der Waals surface area (Å²) in [4.78, 5) is 12.0. The highest BCUT2D eigenvalue weighted by Crippen LogP contribution is 2.34. The van der Waals surface area contributed by atoms with Gasteiger partial charge < -0.3 is 5.32 Å². The van der Waals surface area contributed by atoms with Crippen LogP contribution in [-0.4, -0.2) is 5.78 Å². The van der Waals surface area contributed by atoms with E-state index in [2.05, 4.69) is 5.32 Å². The first kappa shape index (κ1) is 16.3. The Morgan fingerprint density at radius 2 is 1.71 bits per heavy atom. The van der Waals surface area contributed by atoms with Crippen LogP contribution in [0.3, 0.4) is 0 Å². The van der Waals surface area contributed by atoms with E-state index < -0.39 is 11.7 Å². The Hall–Kier alpha value is -2.56. The van der Waals surface area contributed by atoms with Gasteiger partial charge in [0.25, 0.3) is 0 Å². The molecule has 0 amide bonds. The number of rotatable bonds is 3. The molecule has 1 aliphatic carbocycles. The molecule has 5 heteroatoms. The van der Waals surface area contributed by atoms with E-state index in [1.54, 1.807) is 6.07 Å². The van der Waals surface area contributed by atoms with E-state index in [1.165, 1.54) is 12.1 Å². The number of alkyl halides is 3. The summed E-state index contributed by atoms with van der Waals surface area (Å²) < 4.78 is 38.4. The van der Waals surface area contributed by atoms with Gasteiger partial charge in [-0.2, -0.15) is 13.2 Å². The first-order valence-electron chi connectivity index (χ1n) is 7.64. The minimum atomic E-state index is -4.39. The number of benzene rings is 2. The molecule has 0 aliphatic heterocycles. The molecule has 2 aromatic rings. The second kappa shape index (κ2) is 6.51. The molecule has 3 rings (SSSR count). The minimum Gasteiger partial charge on any atom is -0.359 e. The number of anilines is 1. The van der Waals surface area contributed by atoms with Gasteiger partial charge in [0, 0.05) is 23.9 Å². The van der Waals surface area contributed by atoms with E-state index in [-0.39, 0.29) is 11.7 Å². The van der Waals surface area contributed by atoms with E-state index >= 15 is 0 Å².